The van der Waals surface area contributed by atoms with Gasteiger partial charge in [-0.1, -0.05) is 18.2 Å². The third-order valence-corrected chi connectivity index (χ3v) is 2.78. The van der Waals surface area contributed by atoms with Gasteiger partial charge in [0, 0.05) is 0 Å². The van der Waals surface area contributed by atoms with Gasteiger partial charge in [0.2, 0.25) is 0 Å². The Bertz CT molecular complexity index is 429. The summed E-state index contributed by atoms with van der Waals surface area (Å²) < 4.78 is 0. The SMILES string of the molecule is NN(C(=O)[C@@H](O)[C@H](O)[C@H](O)[C@@H](O)CO)c1ccccc1. The first kappa shape index (κ1) is 16.5. The summed E-state index contributed by atoms with van der Waals surface area (Å²) in [4.78, 5) is 11.8. The maximum Gasteiger partial charge on any atom is 0.272 e. The Balaban J connectivity index is 2.76. The van der Waals surface area contributed by atoms with Gasteiger partial charge in [-0.3, -0.25) is 4.79 Å². The molecule has 20 heavy (non-hydrogen) atoms. The molecule has 1 amide bonds. The van der Waals surface area contributed by atoms with Crippen molar-refractivity contribution in [2.24, 2.45) is 5.84 Å². The summed E-state index contributed by atoms with van der Waals surface area (Å²) in [6, 6.07) is 7.96. The fourth-order valence-corrected chi connectivity index (χ4v) is 1.53. The average molecular weight is 286 g/mol. The first-order valence-corrected chi connectivity index (χ1v) is 5.87. The third kappa shape index (κ3) is 3.73. The van der Waals surface area contributed by atoms with Crippen molar-refractivity contribution in [2.75, 3.05) is 11.6 Å². The zero-order valence-corrected chi connectivity index (χ0v) is 10.6. The first-order chi connectivity index (χ1) is 9.40. The van der Waals surface area contributed by atoms with E-state index in [-0.39, 0.29) is 5.69 Å². The summed E-state index contributed by atoms with van der Waals surface area (Å²) in [6.45, 7) is -0.829. The van der Waals surface area contributed by atoms with Crippen molar-refractivity contribution < 1.29 is 30.3 Å². The number of hydrazine groups is 1. The number of carbonyl (C=O) groups excluding carboxylic acids is 1. The minimum Gasteiger partial charge on any atom is -0.394 e. The number of nitrogens with zero attached hydrogens (tertiary/aromatic N) is 1. The van der Waals surface area contributed by atoms with Gasteiger partial charge < -0.3 is 25.5 Å². The highest BCUT2D eigenvalue weighted by atomic mass is 16.4. The molecule has 1 aromatic rings. The largest absolute Gasteiger partial charge is 0.394 e. The van der Waals surface area contributed by atoms with Gasteiger partial charge in [-0.05, 0) is 12.1 Å². The molecule has 0 aliphatic carbocycles. The molecule has 7 N–H and O–H groups in total. The Morgan fingerprint density at radius 2 is 1.65 bits per heavy atom. The van der Waals surface area contributed by atoms with E-state index in [4.69, 9.17) is 16.1 Å². The lowest BCUT2D eigenvalue weighted by Gasteiger charge is -2.27. The second-order valence-electron chi connectivity index (χ2n) is 4.22. The lowest BCUT2D eigenvalue weighted by atomic mass is 10.0. The van der Waals surface area contributed by atoms with E-state index >= 15 is 0 Å². The molecule has 0 aromatic heterocycles. The van der Waals surface area contributed by atoms with Crippen molar-refractivity contribution in [1.29, 1.82) is 0 Å². The fraction of sp³-hybridized carbons (Fsp3) is 0.417. The number of carbonyl (C=O) groups is 1. The van der Waals surface area contributed by atoms with E-state index in [0.29, 0.717) is 5.01 Å². The topological polar surface area (TPSA) is 147 Å². The van der Waals surface area contributed by atoms with Gasteiger partial charge in [0.25, 0.3) is 5.91 Å². The van der Waals surface area contributed by atoms with Crippen LogP contribution in [0.25, 0.3) is 0 Å². The van der Waals surface area contributed by atoms with E-state index in [2.05, 4.69) is 0 Å². The predicted molar refractivity (Wildman–Crippen MR) is 69.2 cm³/mol. The standard InChI is InChI=1S/C12H18N2O6/c13-14(7-4-2-1-3-5-7)12(20)11(19)10(18)9(17)8(16)6-15/h1-5,8-11,15-19H,6,13H2/t8-,9+,10+,11-/m0/s1. The smallest absolute Gasteiger partial charge is 0.272 e. The second kappa shape index (κ2) is 7.29. The molecule has 0 saturated heterocycles. The molecule has 8 heteroatoms. The molecular weight excluding hydrogens is 268 g/mol. The van der Waals surface area contributed by atoms with E-state index in [0.717, 1.165) is 0 Å². The van der Waals surface area contributed by atoms with E-state index in [1.165, 1.54) is 12.1 Å². The number of hydrogen-bond acceptors (Lipinski definition) is 7. The van der Waals surface area contributed by atoms with Crippen molar-refractivity contribution in [3.05, 3.63) is 30.3 Å². The van der Waals surface area contributed by atoms with Crippen LogP contribution in [0.5, 0.6) is 0 Å². The van der Waals surface area contributed by atoms with Crippen LogP contribution < -0.4 is 10.9 Å². The van der Waals surface area contributed by atoms with Gasteiger partial charge in [0.1, 0.15) is 18.3 Å². The highest BCUT2D eigenvalue weighted by molar-refractivity contribution is 5.95. The highest BCUT2D eigenvalue weighted by Gasteiger charge is 2.36. The number of anilines is 1. The van der Waals surface area contributed by atoms with Gasteiger partial charge in [0.15, 0.2) is 6.10 Å². The van der Waals surface area contributed by atoms with Gasteiger partial charge in [-0.2, -0.15) is 0 Å². The van der Waals surface area contributed by atoms with Crippen molar-refractivity contribution in [3.63, 3.8) is 0 Å². The molecule has 0 aliphatic rings. The van der Waals surface area contributed by atoms with Gasteiger partial charge in [-0.25, -0.2) is 10.9 Å². The monoisotopic (exact) mass is 286 g/mol. The van der Waals surface area contributed by atoms with Gasteiger partial charge >= 0.3 is 0 Å². The van der Waals surface area contributed by atoms with Crippen molar-refractivity contribution in [1.82, 2.24) is 0 Å². The minimum atomic E-state index is -2.04. The zero-order valence-electron chi connectivity index (χ0n) is 10.6. The quantitative estimate of drug-likeness (QED) is 0.190. The van der Waals surface area contributed by atoms with Crippen LogP contribution in [0.15, 0.2) is 30.3 Å². The van der Waals surface area contributed by atoms with Crippen molar-refractivity contribution in [2.45, 2.75) is 24.4 Å². The Labute approximate surface area is 115 Å². The summed E-state index contributed by atoms with van der Waals surface area (Å²) in [7, 11) is 0. The van der Waals surface area contributed by atoms with E-state index in [1.807, 2.05) is 0 Å². The molecule has 1 rings (SSSR count). The van der Waals surface area contributed by atoms with Crippen LogP contribution >= 0.6 is 0 Å². The summed E-state index contributed by atoms with van der Waals surface area (Å²) in [6.07, 6.45) is -7.60. The summed E-state index contributed by atoms with van der Waals surface area (Å²) in [5.74, 6) is 4.44. The summed E-state index contributed by atoms with van der Waals surface area (Å²) >= 11 is 0. The normalized spacial score (nSPS) is 17.1. The van der Waals surface area contributed by atoms with Crippen LogP contribution in [0.3, 0.4) is 0 Å². The van der Waals surface area contributed by atoms with Gasteiger partial charge in [-0.15, -0.1) is 0 Å². The number of aliphatic hydroxyl groups excluding tert-OH is 5. The molecule has 0 spiro atoms. The summed E-state index contributed by atoms with van der Waals surface area (Å²) in [5, 5.41) is 47.1. The maximum atomic E-state index is 11.8. The molecule has 0 heterocycles. The molecule has 0 radical (unpaired) electrons. The molecule has 0 saturated carbocycles. The third-order valence-electron chi connectivity index (χ3n) is 2.78. The molecule has 1 aromatic carbocycles. The number of hydrogen-bond donors (Lipinski definition) is 6. The maximum absolute atomic E-state index is 11.8. The number of aliphatic hydroxyl groups is 5. The number of para-hydroxylation sites is 1. The molecule has 0 fully saturated rings. The minimum absolute atomic E-state index is 0.279. The zero-order chi connectivity index (χ0) is 15.3. The number of nitrogens with two attached hydrogens (primary N) is 1. The van der Waals surface area contributed by atoms with Crippen molar-refractivity contribution >= 4 is 11.6 Å². The Morgan fingerprint density at radius 1 is 1.10 bits per heavy atom. The Hall–Kier alpha value is -1.55. The lowest BCUT2D eigenvalue weighted by molar-refractivity contribution is -0.146. The van der Waals surface area contributed by atoms with Crippen LogP contribution in [0.2, 0.25) is 0 Å². The lowest BCUT2D eigenvalue weighted by Crippen LogP contribution is -2.54. The number of amides is 1. The Kier molecular flexibility index (Phi) is 6.02. The van der Waals surface area contributed by atoms with E-state index < -0.39 is 36.9 Å². The van der Waals surface area contributed by atoms with Crippen LogP contribution in [0, 0.1) is 0 Å². The first-order valence-electron chi connectivity index (χ1n) is 5.87. The molecule has 112 valence electrons. The fourth-order valence-electron chi connectivity index (χ4n) is 1.53. The van der Waals surface area contributed by atoms with Gasteiger partial charge in [0.05, 0.1) is 12.3 Å². The molecular formula is C12H18N2O6. The Morgan fingerprint density at radius 3 is 2.15 bits per heavy atom. The van der Waals surface area contributed by atoms with E-state index in [1.54, 1.807) is 18.2 Å². The summed E-state index contributed by atoms with van der Waals surface area (Å²) in [5.41, 5.74) is 0.279. The molecule has 4 atom stereocenters. The van der Waals surface area contributed by atoms with Crippen LogP contribution in [-0.2, 0) is 4.79 Å². The molecule has 0 aliphatic heterocycles. The average Bonchev–Trinajstić information content (AvgIpc) is 2.51. The van der Waals surface area contributed by atoms with Crippen LogP contribution in [0.1, 0.15) is 0 Å². The molecule has 8 nitrogen and oxygen atoms in total. The number of rotatable bonds is 6. The molecule has 0 unspecified atom stereocenters. The second-order valence-corrected chi connectivity index (χ2v) is 4.22. The van der Waals surface area contributed by atoms with E-state index in [9.17, 15) is 20.1 Å². The number of benzene rings is 1. The van der Waals surface area contributed by atoms with Crippen molar-refractivity contribution in [3.8, 4) is 0 Å². The molecule has 0 bridgehead atoms. The predicted octanol–water partition coefficient (Wildman–Crippen LogP) is -2.67. The van der Waals surface area contributed by atoms with Crippen LogP contribution in [0.4, 0.5) is 5.69 Å². The van der Waals surface area contributed by atoms with Crippen LogP contribution in [-0.4, -0.2) is 62.5 Å². The highest BCUT2D eigenvalue weighted by Crippen LogP contribution is 2.13.